The fourth-order valence-corrected chi connectivity index (χ4v) is 3.28. The zero-order valence-corrected chi connectivity index (χ0v) is 11.3. The van der Waals surface area contributed by atoms with Crippen LogP contribution in [0, 0.1) is 0 Å². The number of aromatic nitrogens is 3. The largest absolute Gasteiger partial charge is 0.313 e. The van der Waals surface area contributed by atoms with Crippen LogP contribution in [-0.4, -0.2) is 30.1 Å². The predicted octanol–water partition coefficient (Wildman–Crippen LogP) is 0.776. The Morgan fingerprint density at radius 2 is 2.33 bits per heavy atom. The van der Waals surface area contributed by atoms with Gasteiger partial charge in [-0.3, -0.25) is 9.82 Å². The van der Waals surface area contributed by atoms with E-state index < -0.39 is 10.0 Å². The molecule has 0 spiro atoms. The van der Waals surface area contributed by atoms with Crippen molar-refractivity contribution in [3.05, 3.63) is 23.3 Å². The maximum absolute atomic E-state index is 12.1. The summed E-state index contributed by atoms with van der Waals surface area (Å²) >= 11 is 1.22. The van der Waals surface area contributed by atoms with E-state index >= 15 is 0 Å². The smallest absolute Gasteiger partial charge is 0.280 e. The molecule has 0 bridgehead atoms. The number of H-pyrrole nitrogens is 1. The second-order valence-electron chi connectivity index (χ2n) is 3.45. The number of nitrogens with one attached hydrogen (secondary N) is 3. The van der Waals surface area contributed by atoms with Crippen molar-refractivity contribution in [2.45, 2.75) is 18.5 Å². The van der Waals surface area contributed by atoms with Crippen LogP contribution in [0.25, 0.3) is 0 Å². The Morgan fingerprint density at radius 3 is 3.00 bits per heavy atom. The molecule has 0 amide bonds. The summed E-state index contributed by atoms with van der Waals surface area (Å²) in [4.78, 5) is 3.88. The van der Waals surface area contributed by atoms with Crippen LogP contribution in [0.3, 0.4) is 0 Å². The van der Waals surface area contributed by atoms with E-state index in [2.05, 4.69) is 25.2 Å². The van der Waals surface area contributed by atoms with Crippen molar-refractivity contribution in [2.24, 2.45) is 0 Å². The molecule has 2 rings (SSSR count). The van der Waals surface area contributed by atoms with Crippen molar-refractivity contribution >= 4 is 26.5 Å². The summed E-state index contributed by atoms with van der Waals surface area (Å²) < 4.78 is 26.6. The van der Waals surface area contributed by atoms with Crippen molar-refractivity contribution in [1.29, 1.82) is 0 Å². The first-order valence-electron chi connectivity index (χ1n) is 5.28. The lowest BCUT2D eigenvalue weighted by atomic mass is 10.3. The van der Waals surface area contributed by atoms with Crippen molar-refractivity contribution in [2.75, 3.05) is 11.3 Å². The van der Waals surface area contributed by atoms with Crippen molar-refractivity contribution in [3.63, 3.8) is 0 Å². The number of anilines is 1. The Balaban J connectivity index is 2.22. The van der Waals surface area contributed by atoms with Gasteiger partial charge in [0.05, 0.1) is 6.20 Å². The highest BCUT2D eigenvalue weighted by Gasteiger charge is 2.21. The monoisotopic (exact) mass is 287 g/mol. The quantitative estimate of drug-likeness (QED) is 0.729. The fourth-order valence-electron chi connectivity index (χ4n) is 1.36. The zero-order valence-electron chi connectivity index (χ0n) is 9.67. The molecule has 3 N–H and O–H groups in total. The van der Waals surface area contributed by atoms with Crippen LogP contribution in [0.2, 0.25) is 0 Å². The minimum atomic E-state index is -3.66. The summed E-state index contributed by atoms with van der Waals surface area (Å²) in [5.41, 5.74) is 0.598. The average molecular weight is 287 g/mol. The van der Waals surface area contributed by atoms with Gasteiger partial charge in [0.2, 0.25) is 0 Å². The van der Waals surface area contributed by atoms with Gasteiger partial charge in [0.1, 0.15) is 0 Å². The molecule has 0 unspecified atom stereocenters. The second kappa shape index (κ2) is 5.46. The van der Waals surface area contributed by atoms with Gasteiger partial charge in [-0.05, 0) is 6.54 Å². The normalized spacial score (nSPS) is 11.6. The molecule has 2 heterocycles. The molecular weight excluding hydrogens is 274 g/mol. The minimum absolute atomic E-state index is 0.0682. The van der Waals surface area contributed by atoms with Crippen LogP contribution in [0.4, 0.5) is 5.13 Å². The molecule has 0 aliphatic rings. The van der Waals surface area contributed by atoms with E-state index in [-0.39, 0.29) is 5.03 Å². The summed E-state index contributed by atoms with van der Waals surface area (Å²) in [5, 5.41) is 11.4. The topological polar surface area (TPSA) is 99.8 Å². The van der Waals surface area contributed by atoms with Gasteiger partial charge in [0.15, 0.2) is 10.2 Å². The first kappa shape index (κ1) is 13.0. The van der Waals surface area contributed by atoms with Crippen molar-refractivity contribution in [1.82, 2.24) is 20.5 Å². The standard InChI is InChI=1S/C9H13N5O2S2/c1-2-10-5-7-6-12-13-8(7)18(15,16)14-9-11-3-4-17-9/h3-4,6,10H,2,5H2,1H3,(H,11,14)(H,12,13). The molecule has 18 heavy (non-hydrogen) atoms. The molecule has 0 saturated carbocycles. The number of thiazole rings is 1. The summed E-state index contributed by atoms with van der Waals surface area (Å²) in [6, 6.07) is 0. The summed E-state index contributed by atoms with van der Waals surface area (Å²) in [7, 11) is -3.66. The fraction of sp³-hybridized carbons (Fsp3) is 0.333. The van der Waals surface area contributed by atoms with Crippen LogP contribution >= 0.6 is 11.3 Å². The maximum Gasteiger partial charge on any atom is 0.280 e. The number of hydrogen-bond acceptors (Lipinski definition) is 6. The molecule has 0 fully saturated rings. The van der Waals surface area contributed by atoms with Gasteiger partial charge in [-0.25, -0.2) is 4.98 Å². The lowest BCUT2D eigenvalue weighted by Gasteiger charge is -2.05. The second-order valence-corrected chi connectivity index (χ2v) is 5.96. The molecule has 0 atom stereocenters. The van der Waals surface area contributed by atoms with Crippen LogP contribution in [0.5, 0.6) is 0 Å². The van der Waals surface area contributed by atoms with Gasteiger partial charge >= 0.3 is 0 Å². The van der Waals surface area contributed by atoms with Crippen LogP contribution in [0.1, 0.15) is 12.5 Å². The third-order valence-electron chi connectivity index (χ3n) is 2.17. The van der Waals surface area contributed by atoms with Crippen molar-refractivity contribution < 1.29 is 8.42 Å². The molecule has 7 nitrogen and oxygen atoms in total. The third-order valence-corrected chi connectivity index (χ3v) is 4.34. The molecule has 0 saturated heterocycles. The molecule has 0 aliphatic heterocycles. The molecule has 0 aromatic carbocycles. The Morgan fingerprint density at radius 1 is 1.50 bits per heavy atom. The van der Waals surface area contributed by atoms with E-state index in [9.17, 15) is 8.42 Å². The number of hydrogen-bond donors (Lipinski definition) is 3. The first-order valence-corrected chi connectivity index (χ1v) is 7.65. The highest BCUT2D eigenvalue weighted by Crippen LogP contribution is 2.18. The highest BCUT2D eigenvalue weighted by atomic mass is 32.2. The zero-order chi connectivity index (χ0) is 13.0. The van der Waals surface area contributed by atoms with Crippen LogP contribution < -0.4 is 10.0 Å². The summed E-state index contributed by atoms with van der Waals surface area (Å²) in [6.45, 7) is 3.15. The lowest BCUT2D eigenvalue weighted by Crippen LogP contribution is -2.18. The van der Waals surface area contributed by atoms with E-state index in [0.717, 1.165) is 6.54 Å². The molecular formula is C9H13N5O2S2. The third kappa shape index (κ3) is 2.86. The number of nitrogens with zero attached hydrogens (tertiary/aromatic N) is 2. The molecule has 2 aromatic heterocycles. The predicted molar refractivity (Wildman–Crippen MR) is 68.9 cm³/mol. The molecule has 0 aliphatic carbocycles. The molecule has 0 radical (unpaired) electrons. The Kier molecular flexibility index (Phi) is 3.94. The van der Waals surface area contributed by atoms with E-state index in [1.165, 1.54) is 23.7 Å². The number of sulfonamides is 1. The number of rotatable bonds is 6. The first-order chi connectivity index (χ1) is 8.63. The van der Waals surface area contributed by atoms with Crippen LogP contribution in [-0.2, 0) is 16.6 Å². The van der Waals surface area contributed by atoms with E-state index in [0.29, 0.717) is 17.2 Å². The maximum atomic E-state index is 12.1. The lowest BCUT2D eigenvalue weighted by molar-refractivity contribution is 0.594. The van der Waals surface area contributed by atoms with Gasteiger partial charge in [-0.2, -0.15) is 13.5 Å². The van der Waals surface area contributed by atoms with Gasteiger partial charge in [-0.15, -0.1) is 11.3 Å². The van der Waals surface area contributed by atoms with Gasteiger partial charge in [0.25, 0.3) is 10.0 Å². The van der Waals surface area contributed by atoms with Gasteiger partial charge in [0, 0.05) is 23.7 Å². The Labute approximate surface area is 109 Å². The summed E-state index contributed by atoms with van der Waals surface area (Å²) in [5.74, 6) is 0. The molecule has 9 heteroatoms. The Bertz CT molecular complexity index is 590. The van der Waals surface area contributed by atoms with E-state index in [1.807, 2.05) is 6.92 Å². The number of aromatic amines is 1. The highest BCUT2D eigenvalue weighted by molar-refractivity contribution is 7.92. The molecule has 2 aromatic rings. The van der Waals surface area contributed by atoms with Gasteiger partial charge in [-0.1, -0.05) is 6.92 Å². The van der Waals surface area contributed by atoms with E-state index in [4.69, 9.17) is 0 Å². The van der Waals surface area contributed by atoms with Crippen LogP contribution in [0.15, 0.2) is 22.8 Å². The minimum Gasteiger partial charge on any atom is -0.313 e. The van der Waals surface area contributed by atoms with Gasteiger partial charge < -0.3 is 5.32 Å². The summed E-state index contributed by atoms with van der Waals surface area (Å²) in [6.07, 6.45) is 3.04. The Hall–Kier alpha value is -1.45. The SMILES string of the molecule is CCNCc1cn[nH]c1S(=O)(=O)Nc1nccs1. The molecule has 98 valence electrons. The van der Waals surface area contributed by atoms with E-state index in [1.54, 1.807) is 5.38 Å². The van der Waals surface area contributed by atoms with Crippen molar-refractivity contribution in [3.8, 4) is 0 Å². The average Bonchev–Trinajstić information content (AvgIpc) is 2.96.